The van der Waals surface area contributed by atoms with E-state index in [1.807, 2.05) is 0 Å². The van der Waals surface area contributed by atoms with Crippen molar-refractivity contribution < 1.29 is 27.8 Å². The topological polar surface area (TPSA) is 54.0 Å². The van der Waals surface area contributed by atoms with Gasteiger partial charge >= 0.3 is 6.18 Å². The number of aromatic hydroxyl groups is 1. The molecule has 1 aromatic carbocycles. The number of phenolic OH excluding ortho intramolecular Hbond substituents is 1. The summed E-state index contributed by atoms with van der Waals surface area (Å²) in [7, 11) is 2.63. The fourth-order valence-electron chi connectivity index (χ4n) is 2.64. The van der Waals surface area contributed by atoms with Gasteiger partial charge in [-0.1, -0.05) is 0 Å². The van der Waals surface area contributed by atoms with Gasteiger partial charge in [0.05, 0.1) is 19.8 Å². The number of methoxy groups -OCH3 is 2. The van der Waals surface area contributed by atoms with Gasteiger partial charge in [0.1, 0.15) is 23.3 Å². The van der Waals surface area contributed by atoms with Crippen LogP contribution in [0.4, 0.5) is 13.2 Å². The van der Waals surface area contributed by atoms with Gasteiger partial charge in [0.15, 0.2) is 0 Å². The van der Waals surface area contributed by atoms with Crippen LogP contribution >= 0.6 is 12.4 Å². The largest absolute Gasteiger partial charge is 0.507 e. The summed E-state index contributed by atoms with van der Waals surface area (Å²) in [5, 5.41) is 13.1. The van der Waals surface area contributed by atoms with Gasteiger partial charge in [0.25, 0.3) is 0 Å². The lowest BCUT2D eigenvalue weighted by atomic mass is 10.0. The minimum atomic E-state index is -4.53. The van der Waals surface area contributed by atoms with Crippen molar-refractivity contribution in [1.29, 1.82) is 0 Å². The van der Waals surface area contributed by atoms with Crippen molar-refractivity contribution in [2.45, 2.75) is 12.2 Å². The lowest BCUT2D eigenvalue weighted by Gasteiger charge is -2.36. The van der Waals surface area contributed by atoms with E-state index in [2.05, 4.69) is 5.32 Å². The summed E-state index contributed by atoms with van der Waals surface area (Å²) < 4.78 is 50.8. The van der Waals surface area contributed by atoms with Gasteiger partial charge in [0, 0.05) is 38.3 Å². The maximum Gasteiger partial charge on any atom is 0.408 e. The van der Waals surface area contributed by atoms with E-state index in [0.717, 1.165) is 0 Å². The summed E-state index contributed by atoms with van der Waals surface area (Å²) >= 11 is 0. The van der Waals surface area contributed by atoms with E-state index in [-0.39, 0.29) is 42.6 Å². The highest BCUT2D eigenvalue weighted by molar-refractivity contribution is 5.85. The quantitative estimate of drug-likeness (QED) is 0.867. The highest BCUT2D eigenvalue weighted by atomic mass is 35.5. The van der Waals surface area contributed by atoms with E-state index in [9.17, 15) is 18.3 Å². The molecule has 132 valence electrons. The zero-order valence-electron chi connectivity index (χ0n) is 12.8. The van der Waals surface area contributed by atoms with Gasteiger partial charge in [-0.25, -0.2) is 0 Å². The minimum Gasteiger partial charge on any atom is -0.507 e. The number of phenols is 1. The average Bonchev–Trinajstić information content (AvgIpc) is 2.48. The zero-order chi connectivity index (χ0) is 16.3. The highest BCUT2D eigenvalue weighted by Crippen LogP contribution is 2.47. The van der Waals surface area contributed by atoms with Crippen molar-refractivity contribution in [2.24, 2.45) is 0 Å². The number of nitrogens with zero attached hydrogens (tertiary/aromatic N) is 1. The smallest absolute Gasteiger partial charge is 0.408 e. The van der Waals surface area contributed by atoms with Crippen LogP contribution in [-0.4, -0.2) is 56.6 Å². The molecule has 2 rings (SSSR count). The minimum absolute atomic E-state index is 0. The molecule has 0 saturated carbocycles. The number of nitrogens with one attached hydrogen (secondary N) is 1. The third-order valence-electron chi connectivity index (χ3n) is 3.65. The molecule has 23 heavy (non-hydrogen) atoms. The fourth-order valence-corrected chi connectivity index (χ4v) is 2.64. The second-order valence-corrected chi connectivity index (χ2v) is 4.99. The maximum atomic E-state index is 13.6. The molecular formula is C14H20ClF3N2O3. The normalized spacial score (nSPS) is 17.3. The summed E-state index contributed by atoms with van der Waals surface area (Å²) in [6.07, 6.45) is -4.53. The molecule has 0 aromatic heterocycles. The van der Waals surface area contributed by atoms with Gasteiger partial charge in [-0.3, -0.25) is 4.90 Å². The third kappa shape index (κ3) is 4.33. The summed E-state index contributed by atoms with van der Waals surface area (Å²) in [5.41, 5.74) is -0.280. The number of halogens is 4. The Bertz CT molecular complexity index is 523. The van der Waals surface area contributed by atoms with Gasteiger partial charge in [-0.15, -0.1) is 12.4 Å². The predicted octanol–water partition coefficient (Wildman–Crippen LogP) is 2.34. The maximum absolute atomic E-state index is 13.6. The van der Waals surface area contributed by atoms with Crippen LogP contribution in [0.5, 0.6) is 17.2 Å². The number of rotatable bonds is 4. The van der Waals surface area contributed by atoms with Crippen LogP contribution in [0.15, 0.2) is 12.1 Å². The molecule has 1 aliphatic heterocycles. The molecule has 0 amide bonds. The van der Waals surface area contributed by atoms with Crippen LogP contribution < -0.4 is 14.8 Å². The summed E-state index contributed by atoms with van der Waals surface area (Å²) in [6.45, 7) is 1.40. The molecule has 1 heterocycles. The van der Waals surface area contributed by atoms with Crippen molar-refractivity contribution in [3.05, 3.63) is 17.7 Å². The Morgan fingerprint density at radius 1 is 1.17 bits per heavy atom. The lowest BCUT2D eigenvalue weighted by Crippen LogP contribution is -2.49. The fraction of sp³-hybridized carbons (Fsp3) is 0.571. The Labute approximate surface area is 138 Å². The second kappa shape index (κ2) is 7.94. The summed E-state index contributed by atoms with van der Waals surface area (Å²) in [6, 6.07) is 0.588. The van der Waals surface area contributed by atoms with Crippen molar-refractivity contribution >= 4 is 12.4 Å². The molecule has 0 bridgehead atoms. The van der Waals surface area contributed by atoms with Crippen molar-refractivity contribution in [2.75, 3.05) is 40.4 Å². The Morgan fingerprint density at radius 3 is 2.26 bits per heavy atom. The molecule has 0 aliphatic carbocycles. The monoisotopic (exact) mass is 356 g/mol. The molecule has 1 aliphatic rings. The summed E-state index contributed by atoms with van der Waals surface area (Å²) in [5.74, 6) is -0.297. The average molecular weight is 357 g/mol. The van der Waals surface area contributed by atoms with Crippen molar-refractivity contribution in [1.82, 2.24) is 10.2 Å². The number of hydrogen-bond acceptors (Lipinski definition) is 5. The molecule has 9 heteroatoms. The van der Waals surface area contributed by atoms with Crippen LogP contribution in [0.2, 0.25) is 0 Å². The van der Waals surface area contributed by atoms with Crippen molar-refractivity contribution in [3.63, 3.8) is 0 Å². The predicted molar refractivity (Wildman–Crippen MR) is 81.7 cm³/mol. The van der Waals surface area contributed by atoms with Crippen LogP contribution in [0, 0.1) is 0 Å². The molecule has 0 unspecified atom stereocenters. The number of piperazine rings is 1. The number of benzene rings is 1. The van der Waals surface area contributed by atoms with Crippen LogP contribution in [-0.2, 0) is 0 Å². The Balaban J connectivity index is 0.00000264. The van der Waals surface area contributed by atoms with Crippen LogP contribution in [0.1, 0.15) is 11.6 Å². The van der Waals surface area contributed by atoms with Gasteiger partial charge in [-0.05, 0) is 0 Å². The van der Waals surface area contributed by atoms with Crippen LogP contribution in [0.3, 0.4) is 0 Å². The first-order valence-corrected chi connectivity index (χ1v) is 6.85. The first-order valence-electron chi connectivity index (χ1n) is 6.85. The van der Waals surface area contributed by atoms with E-state index >= 15 is 0 Å². The number of alkyl halides is 3. The molecule has 1 aromatic rings. The Morgan fingerprint density at radius 2 is 1.78 bits per heavy atom. The number of ether oxygens (including phenoxy) is 2. The number of hydrogen-bond donors (Lipinski definition) is 2. The Hall–Kier alpha value is -1.38. The first-order chi connectivity index (χ1) is 10.4. The van der Waals surface area contributed by atoms with E-state index in [1.54, 1.807) is 0 Å². The standard InChI is InChI=1S/C14H19F3N2O3.ClH/c1-21-9-7-10(20)12(11(8-9)22-2)13(14(15,16)17)19-5-3-18-4-6-19;/h7-8,13,18,20H,3-6H2,1-2H3;1H/t13-;/m1./s1. The van der Waals surface area contributed by atoms with E-state index in [4.69, 9.17) is 9.47 Å². The summed E-state index contributed by atoms with van der Waals surface area (Å²) in [4.78, 5) is 1.29. The molecule has 0 radical (unpaired) electrons. The molecule has 0 spiro atoms. The molecule has 1 saturated heterocycles. The zero-order valence-corrected chi connectivity index (χ0v) is 13.6. The third-order valence-corrected chi connectivity index (χ3v) is 3.65. The lowest BCUT2D eigenvalue weighted by molar-refractivity contribution is -0.188. The second-order valence-electron chi connectivity index (χ2n) is 4.99. The van der Waals surface area contributed by atoms with Gasteiger partial charge in [-0.2, -0.15) is 13.2 Å². The molecule has 1 atom stereocenters. The Kier molecular flexibility index (Phi) is 6.79. The first kappa shape index (κ1) is 19.7. The highest BCUT2D eigenvalue weighted by Gasteiger charge is 2.47. The molecule has 2 N–H and O–H groups in total. The SMILES string of the molecule is COc1cc(O)c([C@@H](N2CCNCC2)C(F)(F)F)c(OC)c1.Cl. The van der Waals surface area contributed by atoms with E-state index < -0.39 is 18.0 Å². The molecule has 1 fully saturated rings. The molecular weight excluding hydrogens is 337 g/mol. The van der Waals surface area contributed by atoms with Crippen LogP contribution in [0.25, 0.3) is 0 Å². The van der Waals surface area contributed by atoms with Gasteiger partial charge < -0.3 is 19.9 Å². The van der Waals surface area contributed by atoms with Crippen molar-refractivity contribution in [3.8, 4) is 17.2 Å². The van der Waals surface area contributed by atoms with Gasteiger partial charge in [0.2, 0.25) is 0 Å². The van der Waals surface area contributed by atoms with E-state index in [0.29, 0.717) is 13.1 Å². The van der Waals surface area contributed by atoms with E-state index in [1.165, 1.54) is 31.3 Å². The molecule has 5 nitrogen and oxygen atoms in total.